The number of piperazine rings is 1. The lowest BCUT2D eigenvalue weighted by Crippen LogP contribution is -2.50. The van der Waals surface area contributed by atoms with Crippen LogP contribution < -0.4 is 9.64 Å². The zero-order chi connectivity index (χ0) is 20.1. The highest BCUT2D eigenvalue weighted by Gasteiger charge is 2.22. The molecular formula is C23H24N4O2. The van der Waals surface area contributed by atoms with E-state index in [0.717, 1.165) is 41.5 Å². The molecule has 0 aliphatic carbocycles. The molecule has 1 aromatic heterocycles. The lowest BCUT2D eigenvalue weighted by atomic mass is 10.1. The van der Waals surface area contributed by atoms with Crippen molar-refractivity contribution in [1.29, 1.82) is 0 Å². The molecule has 1 amide bonds. The van der Waals surface area contributed by atoms with Gasteiger partial charge in [-0.25, -0.2) is 9.97 Å². The van der Waals surface area contributed by atoms with E-state index >= 15 is 0 Å². The van der Waals surface area contributed by atoms with Gasteiger partial charge >= 0.3 is 0 Å². The maximum absolute atomic E-state index is 12.5. The summed E-state index contributed by atoms with van der Waals surface area (Å²) in [4.78, 5) is 25.4. The van der Waals surface area contributed by atoms with Crippen molar-refractivity contribution in [3.8, 4) is 17.0 Å². The van der Waals surface area contributed by atoms with Gasteiger partial charge in [0.1, 0.15) is 17.9 Å². The van der Waals surface area contributed by atoms with Crippen LogP contribution in [0.15, 0.2) is 67.0 Å². The van der Waals surface area contributed by atoms with Crippen LogP contribution in [0.1, 0.15) is 5.56 Å². The van der Waals surface area contributed by atoms with Crippen molar-refractivity contribution in [2.75, 3.05) is 37.7 Å². The molecule has 0 saturated carbocycles. The van der Waals surface area contributed by atoms with Crippen molar-refractivity contribution in [3.05, 3.63) is 72.6 Å². The fraction of sp³-hybridized carbons (Fsp3) is 0.261. The molecule has 0 N–H and O–H groups in total. The van der Waals surface area contributed by atoms with Gasteiger partial charge in [0.25, 0.3) is 5.91 Å². The molecule has 1 aliphatic rings. The summed E-state index contributed by atoms with van der Waals surface area (Å²) >= 11 is 0. The second-order valence-corrected chi connectivity index (χ2v) is 7.10. The van der Waals surface area contributed by atoms with Gasteiger partial charge < -0.3 is 14.5 Å². The van der Waals surface area contributed by atoms with E-state index in [-0.39, 0.29) is 12.5 Å². The van der Waals surface area contributed by atoms with Gasteiger partial charge in [-0.1, -0.05) is 42.5 Å². The first-order valence-electron chi connectivity index (χ1n) is 9.79. The lowest BCUT2D eigenvalue weighted by Gasteiger charge is -2.35. The summed E-state index contributed by atoms with van der Waals surface area (Å²) in [6.07, 6.45) is 1.60. The number of ether oxygens (including phenoxy) is 1. The van der Waals surface area contributed by atoms with E-state index in [2.05, 4.69) is 14.9 Å². The molecule has 1 fully saturated rings. The summed E-state index contributed by atoms with van der Waals surface area (Å²) < 4.78 is 5.65. The predicted molar refractivity (Wildman–Crippen MR) is 113 cm³/mol. The highest BCUT2D eigenvalue weighted by atomic mass is 16.5. The molecule has 2 heterocycles. The third-order valence-electron chi connectivity index (χ3n) is 5.03. The van der Waals surface area contributed by atoms with Gasteiger partial charge in [-0.05, 0) is 24.6 Å². The molecule has 0 bridgehead atoms. The minimum atomic E-state index is 0.0128. The van der Waals surface area contributed by atoms with Gasteiger partial charge in [-0.2, -0.15) is 0 Å². The summed E-state index contributed by atoms with van der Waals surface area (Å²) in [6.45, 7) is 4.85. The van der Waals surface area contributed by atoms with Crippen LogP contribution in [0.4, 0.5) is 5.82 Å². The quantitative estimate of drug-likeness (QED) is 0.672. The fourth-order valence-corrected chi connectivity index (χ4v) is 3.41. The summed E-state index contributed by atoms with van der Waals surface area (Å²) in [5.74, 6) is 1.63. The van der Waals surface area contributed by atoms with E-state index in [1.807, 2.05) is 72.5 Å². The van der Waals surface area contributed by atoms with Gasteiger partial charge in [0.05, 0.1) is 5.69 Å². The number of carbonyl (C=O) groups excluding carboxylic acids is 1. The third-order valence-corrected chi connectivity index (χ3v) is 5.03. The number of benzene rings is 2. The van der Waals surface area contributed by atoms with Crippen molar-refractivity contribution >= 4 is 11.7 Å². The lowest BCUT2D eigenvalue weighted by molar-refractivity contribution is -0.133. The van der Waals surface area contributed by atoms with E-state index in [1.54, 1.807) is 6.33 Å². The summed E-state index contributed by atoms with van der Waals surface area (Å²) in [7, 11) is 0. The predicted octanol–water partition coefficient (Wildman–Crippen LogP) is 3.18. The van der Waals surface area contributed by atoms with Crippen molar-refractivity contribution < 1.29 is 9.53 Å². The fourth-order valence-electron chi connectivity index (χ4n) is 3.41. The van der Waals surface area contributed by atoms with E-state index in [4.69, 9.17) is 4.74 Å². The minimum Gasteiger partial charge on any atom is -0.484 e. The Morgan fingerprint density at radius 3 is 2.52 bits per heavy atom. The monoisotopic (exact) mass is 388 g/mol. The Kier molecular flexibility index (Phi) is 5.70. The Morgan fingerprint density at radius 1 is 0.966 bits per heavy atom. The van der Waals surface area contributed by atoms with Crippen molar-refractivity contribution in [1.82, 2.24) is 14.9 Å². The molecule has 148 valence electrons. The minimum absolute atomic E-state index is 0.0128. The summed E-state index contributed by atoms with van der Waals surface area (Å²) in [5.41, 5.74) is 3.09. The molecule has 2 aromatic carbocycles. The average molecular weight is 388 g/mol. The van der Waals surface area contributed by atoms with Crippen molar-refractivity contribution in [2.24, 2.45) is 0 Å². The van der Waals surface area contributed by atoms with Crippen molar-refractivity contribution in [2.45, 2.75) is 6.92 Å². The average Bonchev–Trinajstić information content (AvgIpc) is 2.78. The Hall–Kier alpha value is -3.41. The molecular weight excluding hydrogens is 364 g/mol. The van der Waals surface area contributed by atoms with E-state index < -0.39 is 0 Å². The highest BCUT2D eigenvalue weighted by Crippen LogP contribution is 2.21. The Morgan fingerprint density at radius 2 is 1.76 bits per heavy atom. The normalized spacial score (nSPS) is 14.0. The standard InChI is InChI=1S/C23H24N4O2/c1-18-6-5-9-20(14-18)29-16-23(28)27-12-10-26(11-13-27)22-15-21(24-17-25-22)19-7-3-2-4-8-19/h2-9,14-15,17H,10-13,16H2,1H3. The molecule has 0 radical (unpaired) electrons. The summed E-state index contributed by atoms with van der Waals surface area (Å²) in [6, 6.07) is 19.8. The van der Waals surface area contributed by atoms with E-state index in [1.165, 1.54) is 0 Å². The zero-order valence-electron chi connectivity index (χ0n) is 16.5. The second kappa shape index (κ2) is 8.73. The highest BCUT2D eigenvalue weighted by molar-refractivity contribution is 5.78. The number of hydrogen-bond donors (Lipinski definition) is 0. The van der Waals surface area contributed by atoms with Gasteiger partial charge in [-0.15, -0.1) is 0 Å². The molecule has 1 aliphatic heterocycles. The van der Waals surface area contributed by atoms with Crippen LogP contribution in [0.25, 0.3) is 11.3 Å². The van der Waals surface area contributed by atoms with Crippen molar-refractivity contribution in [3.63, 3.8) is 0 Å². The maximum Gasteiger partial charge on any atom is 0.260 e. The summed E-state index contributed by atoms with van der Waals surface area (Å²) in [5, 5.41) is 0. The molecule has 6 nitrogen and oxygen atoms in total. The molecule has 0 spiro atoms. The molecule has 0 atom stereocenters. The number of aromatic nitrogens is 2. The second-order valence-electron chi connectivity index (χ2n) is 7.10. The van der Waals surface area contributed by atoms with Gasteiger partial charge in [0, 0.05) is 37.8 Å². The molecule has 1 saturated heterocycles. The SMILES string of the molecule is Cc1cccc(OCC(=O)N2CCN(c3cc(-c4ccccc4)ncn3)CC2)c1. The first kappa shape index (κ1) is 18.9. The van der Waals surface area contributed by atoms with Gasteiger partial charge in [0.2, 0.25) is 0 Å². The van der Waals surface area contributed by atoms with E-state index in [0.29, 0.717) is 13.1 Å². The maximum atomic E-state index is 12.5. The van der Waals surface area contributed by atoms with Crippen LogP contribution in [0.5, 0.6) is 5.75 Å². The number of anilines is 1. The molecule has 0 unspecified atom stereocenters. The third kappa shape index (κ3) is 4.71. The first-order valence-corrected chi connectivity index (χ1v) is 9.79. The van der Waals surface area contributed by atoms with E-state index in [9.17, 15) is 4.79 Å². The smallest absolute Gasteiger partial charge is 0.260 e. The first-order chi connectivity index (χ1) is 14.2. The number of nitrogens with zero attached hydrogens (tertiary/aromatic N) is 4. The van der Waals surface area contributed by atoms with Crippen LogP contribution in [-0.2, 0) is 4.79 Å². The van der Waals surface area contributed by atoms with Crippen LogP contribution in [0, 0.1) is 6.92 Å². The Bertz CT molecular complexity index is 969. The topological polar surface area (TPSA) is 58.6 Å². The number of aryl methyl sites for hydroxylation is 1. The van der Waals surface area contributed by atoms with Crippen LogP contribution in [0.2, 0.25) is 0 Å². The number of carbonyl (C=O) groups is 1. The number of amides is 1. The van der Waals surface area contributed by atoms with Crippen LogP contribution >= 0.6 is 0 Å². The Labute approximate surface area is 170 Å². The van der Waals surface area contributed by atoms with Crippen LogP contribution in [-0.4, -0.2) is 53.6 Å². The Balaban J connectivity index is 1.33. The van der Waals surface area contributed by atoms with Crippen LogP contribution in [0.3, 0.4) is 0 Å². The molecule has 6 heteroatoms. The number of rotatable bonds is 5. The largest absolute Gasteiger partial charge is 0.484 e. The van der Waals surface area contributed by atoms with Gasteiger partial charge in [-0.3, -0.25) is 4.79 Å². The zero-order valence-corrected chi connectivity index (χ0v) is 16.5. The molecule has 4 rings (SSSR count). The molecule has 29 heavy (non-hydrogen) atoms. The molecule has 3 aromatic rings. The van der Waals surface area contributed by atoms with Gasteiger partial charge in [0.15, 0.2) is 6.61 Å². The number of hydrogen-bond acceptors (Lipinski definition) is 5.